The molecule has 1 fully saturated rings. The standard InChI is InChI=1S/C23H19F3N2O4/c24-16-3-1-2-15(11-16)23(25,26)19(29)8-5-13-4-6-17-14(10-13)12-28(22(17)32)18-7-9-20(30)27-21(18)31/h1-4,6,10-11,18H,5,7-9,12H2,(H,27,30,31). The van der Waals surface area contributed by atoms with Gasteiger partial charge in [-0.3, -0.25) is 24.5 Å². The van der Waals surface area contributed by atoms with Gasteiger partial charge in [-0.2, -0.15) is 8.78 Å². The first-order valence-corrected chi connectivity index (χ1v) is 10.1. The van der Waals surface area contributed by atoms with Crippen molar-refractivity contribution in [3.8, 4) is 0 Å². The lowest BCUT2D eigenvalue weighted by atomic mass is 9.97. The highest BCUT2D eigenvalue weighted by atomic mass is 19.3. The quantitative estimate of drug-likeness (QED) is 0.695. The molecule has 3 amide bonds. The van der Waals surface area contributed by atoms with Crippen LogP contribution in [0.5, 0.6) is 0 Å². The van der Waals surface area contributed by atoms with Gasteiger partial charge >= 0.3 is 5.92 Å². The molecule has 1 saturated heterocycles. The van der Waals surface area contributed by atoms with Gasteiger partial charge in [-0.25, -0.2) is 4.39 Å². The molecule has 32 heavy (non-hydrogen) atoms. The number of halogens is 3. The maximum atomic E-state index is 14.4. The summed E-state index contributed by atoms with van der Waals surface area (Å²) in [5.41, 5.74) is 0.920. The fraction of sp³-hybridized carbons (Fsp3) is 0.304. The highest BCUT2D eigenvalue weighted by Crippen LogP contribution is 2.32. The van der Waals surface area contributed by atoms with Crippen LogP contribution in [-0.2, 0) is 33.3 Å². The van der Waals surface area contributed by atoms with Gasteiger partial charge in [0.15, 0.2) is 0 Å². The number of Topliss-reactive ketones (excluding diaryl/α,β-unsaturated/α-hetero) is 1. The van der Waals surface area contributed by atoms with E-state index in [0.717, 1.165) is 18.2 Å². The summed E-state index contributed by atoms with van der Waals surface area (Å²) in [6.07, 6.45) is -0.0684. The molecule has 166 valence electrons. The molecule has 0 bridgehead atoms. The van der Waals surface area contributed by atoms with Crippen molar-refractivity contribution in [3.05, 3.63) is 70.5 Å². The molecule has 0 aliphatic carbocycles. The monoisotopic (exact) mass is 444 g/mol. The lowest BCUT2D eigenvalue weighted by molar-refractivity contribution is -0.144. The van der Waals surface area contributed by atoms with Crippen molar-refractivity contribution >= 4 is 23.5 Å². The Hall–Kier alpha value is -3.49. The van der Waals surface area contributed by atoms with Crippen LogP contribution in [-0.4, -0.2) is 34.4 Å². The van der Waals surface area contributed by atoms with Crippen LogP contribution in [0, 0.1) is 5.82 Å². The van der Waals surface area contributed by atoms with Crippen molar-refractivity contribution in [2.24, 2.45) is 0 Å². The third kappa shape index (κ3) is 4.02. The van der Waals surface area contributed by atoms with Crippen LogP contribution in [0.1, 0.15) is 46.3 Å². The molecule has 2 aliphatic heterocycles. The van der Waals surface area contributed by atoms with Crippen molar-refractivity contribution in [2.45, 2.75) is 44.2 Å². The Balaban J connectivity index is 1.44. The van der Waals surface area contributed by atoms with Crippen molar-refractivity contribution < 1.29 is 32.3 Å². The van der Waals surface area contributed by atoms with Gasteiger partial charge in [0.05, 0.1) is 0 Å². The molecule has 1 atom stereocenters. The predicted octanol–water partition coefficient (Wildman–Crippen LogP) is 2.88. The zero-order chi connectivity index (χ0) is 23.0. The molecule has 6 nitrogen and oxygen atoms in total. The Morgan fingerprint density at radius 3 is 2.62 bits per heavy atom. The SMILES string of the molecule is O=C1CCC(N2Cc3cc(CCC(=O)C(F)(F)c4cccc(F)c4)ccc3C2=O)C(=O)N1. The Bertz CT molecular complexity index is 1130. The molecule has 2 aliphatic rings. The fourth-order valence-electron chi connectivity index (χ4n) is 4.04. The number of hydrogen-bond donors (Lipinski definition) is 1. The number of amides is 3. The summed E-state index contributed by atoms with van der Waals surface area (Å²) < 4.78 is 42.1. The Labute approximate surface area is 181 Å². The second kappa shape index (κ2) is 8.22. The Morgan fingerprint density at radius 1 is 1.12 bits per heavy atom. The first-order chi connectivity index (χ1) is 15.2. The summed E-state index contributed by atoms with van der Waals surface area (Å²) in [6, 6.07) is 7.83. The van der Waals surface area contributed by atoms with E-state index < -0.39 is 41.5 Å². The Kier molecular flexibility index (Phi) is 5.58. The van der Waals surface area contributed by atoms with E-state index in [2.05, 4.69) is 5.32 Å². The molecule has 1 N–H and O–H groups in total. The first kappa shape index (κ1) is 21.7. The van der Waals surface area contributed by atoms with E-state index >= 15 is 0 Å². The van der Waals surface area contributed by atoms with Crippen molar-refractivity contribution in [3.63, 3.8) is 0 Å². The van der Waals surface area contributed by atoms with Crippen molar-refractivity contribution in [1.82, 2.24) is 10.2 Å². The summed E-state index contributed by atoms with van der Waals surface area (Å²) in [4.78, 5) is 49.7. The molecular formula is C23H19F3N2O4. The number of imide groups is 1. The first-order valence-electron chi connectivity index (χ1n) is 10.1. The summed E-state index contributed by atoms with van der Waals surface area (Å²) in [7, 11) is 0. The number of carbonyl (C=O) groups excluding carboxylic acids is 4. The molecule has 0 radical (unpaired) electrons. The number of nitrogens with zero attached hydrogens (tertiary/aromatic N) is 1. The molecule has 0 saturated carbocycles. The van der Waals surface area contributed by atoms with E-state index in [-0.39, 0.29) is 37.6 Å². The third-order valence-electron chi connectivity index (χ3n) is 5.77. The summed E-state index contributed by atoms with van der Waals surface area (Å²) >= 11 is 0. The van der Waals surface area contributed by atoms with E-state index in [1.807, 2.05) is 0 Å². The van der Waals surface area contributed by atoms with Crippen LogP contribution in [0.15, 0.2) is 42.5 Å². The maximum absolute atomic E-state index is 14.4. The van der Waals surface area contributed by atoms with Gasteiger partial charge in [-0.15, -0.1) is 0 Å². The fourth-order valence-corrected chi connectivity index (χ4v) is 4.04. The van der Waals surface area contributed by atoms with Crippen LogP contribution in [0.4, 0.5) is 13.2 Å². The third-order valence-corrected chi connectivity index (χ3v) is 5.77. The molecule has 0 aromatic heterocycles. The lowest BCUT2D eigenvalue weighted by Gasteiger charge is -2.29. The average Bonchev–Trinajstić information content (AvgIpc) is 3.07. The minimum atomic E-state index is -3.81. The zero-order valence-corrected chi connectivity index (χ0v) is 16.9. The Morgan fingerprint density at radius 2 is 1.91 bits per heavy atom. The van der Waals surface area contributed by atoms with Crippen LogP contribution in [0.3, 0.4) is 0 Å². The highest BCUT2D eigenvalue weighted by molar-refractivity contribution is 6.05. The molecule has 9 heteroatoms. The zero-order valence-electron chi connectivity index (χ0n) is 16.9. The molecule has 2 heterocycles. The minimum absolute atomic E-state index is 0.0175. The second-order valence-electron chi connectivity index (χ2n) is 7.90. The summed E-state index contributed by atoms with van der Waals surface area (Å²) in [5, 5.41) is 2.23. The van der Waals surface area contributed by atoms with Gasteiger partial charge in [0.25, 0.3) is 5.91 Å². The number of piperidine rings is 1. The number of benzene rings is 2. The summed E-state index contributed by atoms with van der Waals surface area (Å²) in [6.45, 7) is 0.154. The van der Waals surface area contributed by atoms with Gasteiger partial charge in [0.2, 0.25) is 17.6 Å². The second-order valence-corrected chi connectivity index (χ2v) is 7.90. The van der Waals surface area contributed by atoms with Gasteiger partial charge in [-0.05, 0) is 42.2 Å². The van der Waals surface area contributed by atoms with E-state index in [1.165, 1.54) is 4.90 Å². The summed E-state index contributed by atoms with van der Waals surface area (Å²) in [5.74, 6) is -7.22. The minimum Gasteiger partial charge on any atom is -0.322 e. The van der Waals surface area contributed by atoms with Crippen LogP contribution in [0.2, 0.25) is 0 Å². The number of rotatable bonds is 6. The molecule has 2 aromatic carbocycles. The topological polar surface area (TPSA) is 83.6 Å². The number of carbonyl (C=O) groups is 4. The number of alkyl halides is 2. The van der Waals surface area contributed by atoms with Gasteiger partial charge in [0.1, 0.15) is 11.9 Å². The van der Waals surface area contributed by atoms with E-state index in [4.69, 9.17) is 0 Å². The van der Waals surface area contributed by atoms with Crippen molar-refractivity contribution in [1.29, 1.82) is 0 Å². The predicted molar refractivity (Wildman–Crippen MR) is 106 cm³/mol. The average molecular weight is 444 g/mol. The van der Waals surface area contributed by atoms with E-state index in [0.29, 0.717) is 22.8 Å². The number of aryl methyl sites for hydroxylation is 1. The molecule has 0 spiro atoms. The molecular weight excluding hydrogens is 425 g/mol. The van der Waals surface area contributed by atoms with Gasteiger partial charge in [0, 0.05) is 30.5 Å². The number of nitrogens with one attached hydrogen (secondary N) is 1. The largest absolute Gasteiger partial charge is 0.330 e. The number of hydrogen-bond acceptors (Lipinski definition) is 4. The smallest absolute Gasteiger partial charge is 0.322 e. The maximum Gasteiger partial charge on any atom is 0.330 e. The van der Waals surface area contributed by atoms with Crippen LogP contribution >= 0.6 is 0 Å². The van der Waals surface area contributed by atoms with E-state index in [1.54, 1.807) is 18.2 Å². The van der Waals surface area contributed by atoms with Gasteiger partial charge in [-0.1, -0.05) is 24.3 Å². The van der Waals surface area contributed by atoms with Gasteiger partial charge < -0.3 is 4.90 Å². The van der Waals surface area contributed by atoms with Crippen LogP contribution < -0.4 is 5.32 Å². The van der Waals surface area contributed by atoms with Crippen molar-refractivity contribution in [2.75, 3.05) is 0 Å². The number of fused-ring (bicyclic) bond motifs is 1. The normalized spacial score (nSPS) is 18.5. The lowest BCUT2D eigenvalue weighted by Crippen LogP contribution is -2.52. The van der Waals surface area contributed by atoms with E-state index in [9.17, 15) is 32.3 Å². The van der Waals surface area contributed by atoms with Crippen LogP contribution in [0.25, 0.3) is 0 Å². The molecule has 4 rings (SSSR count). The molecule has 1 unspecified atom stereocenters. The highest BCUT2D eigenvalue weighted by Gasteiger charge is 2.41. The number of ketones is 1. The molecule has 2 aromatic rings.